The minimum absolute atomic E-state index is 0.125. The number of halogens is 2. The fourth-order valence-corrected chi connectivity index (χ4v) is 5.71. The number of nitrogens with two attached hydrogens (primary N) is 1. The van der Waals surface area contributed by atoms with E-state index in [1.54, 1.807) is 24.9 Å². The predicted octanol–water partition coefficient (Wildman–Crippen LogP) is 5.14. The van der Waals surface area contributed by atoms with Crippen molar-refractivity contribution in [3.05, 3.63) is 96.6 Å². The van der Waals surface area contributed by atoms with Gasteiger partial charge in [-0.3, -0.25) is 14.5 Å². The quantitative estimate of drug-likeness (QED) is 0.0662. The van der Waals surface area contributed by atoms with Gasteiger partial charge in [-0.25, -0.2) is 24.6 Å². The molecule has 0 radical (unpaired) electrons. The van der Waals surface area contributed by atoms with Gasteiger partial charge in [-0.2, -0.15) is 10.2 Å². The molecule has 6 rings (SSSR count). The smallest absolute Gasteiger partial charge is 0.230 e. The Balaban J connectivity index is 0.000000702. The zero-order valence-electron chi connectivity index (χ0n) is 31.0. The minimum atomic E-state index is -0.727. The van der Waals surface area contributed by atoms with Gasteiger partial charge in [0.25, 0.3) is 0 Å². The second-order valence-corrected chi connectivity index (χ2v) is 12.6. The van der Waals surface area contributed by atoms with E-state index in [1.165, 1.54) is 29.8 Å². The predicted molar refractivity (Wildman–Crippen MR) is 203 cm³/mol. The van der Waals surface area contributed by atoms with Crippen LogP contribution in [0.5, 0.6) is 5.75 Å². The molecule has 0 bridgehead atoms. The van der Waals surface area contributed by atoms with Crippen molar-refractivity contribution < 1.29 is 28.2 Å². The van der Waals surface area contributed by atoms with E-state index in [0.717, 1.165) is 54.4 Å². The van der Waals surface area contributed by atoms with Gasteiger partial charge < -0.3 is 24.4 Å². The highest BCUT2D eigenvalue weighted by Crippen LogP contribution is 2.34. The molecule has 0 aliphatic carbocycles. The van der Waals surface area contributed by atoms with Crippen LogP contribution in [0.3, 0.4) is 0 Å². The average Bonchev–Trinajstić information content (AvgIpc) is 3.87. The Morgan fingerprint density at radius 3 is 2.15 bits per heavy atom. The number of carbonyl (C=O) groups excluding carboxylic acids is 1. The van der Waals surface area contributed by atoms with Crippen LogP contribution < -0.4 is 25.4 Å². The molecular weight excluding hydrogens is 684 g/mol. The van der Waals surface area contributed by atoms with Crippen LogP contribution in [0, 0.1) is 17.6 Å². The number of hydrazone groups is 1. The van der Waals surface area contributed by atoms with Gasteiger partial charge in [-0.05, 0) is 74.9 Å². The Hall–Kier alpha value is -5.12. The summed E-state index contributed by atoms with van der Waals surface area (Å²) in [5.41, 5.74) is 3.31. The number of benzene rings is 3. The number of aliphatic hydroxyl groups excluding tert-OH is 1. The van der Waals surface area contributed by atoms with Crippen LogP contribution in [-0.4, -0.2) is 89.2 Å². The second-order valence-electron chi connectivity index (χ2n) is 12.6. The molecule has 1 aromatic heterocycles. The molecule has 2 aliphatic heterocycles. The van der Waals surface area contributed by atoms with Crippen molar-refractivity contribution >= 4 is 29.8 Å². The molecule has 1 amide bonds. The SMILES string of the molecule is CC.C[C@H](O)[C@H](C)N(C=O)/N=C\N(N)c1ccc(N2CCN(c3ccc(OC[C@@H]4CO[C@@H](c5ccc(F)cc5F)C4)cc3)CC2)cc1.Cn1cncn1. The molecule has 3 aromatic carbocycles. The summed E-state index contributed by atoms with van der Waals surface area (Å²) in [5.74, 6) is 5.82. The summed E-state index contributed by atoms with van der Waals surface area (Å²) in [6.45, 7) is 11.7. The Labute approximate surface area is 310 Å². The summed E-state index contributed by atoms with van der Waals surface area (Å²) >= 11 is 0. The van der Waals surface area contributed by atoms with E-state index in [2.05, 4.69) is 37.1 Å². The summed E-state index contributed by atoms with van der Waals surface area (Å²) in [6, 6.07) is 19.0. The number of hydrazine groups is 1. The highest BCUT2D eigenvalue weighted by Gasteiger charge is 2.29. The summed E-state index contributed by atoms with van der Waals surface area (Å²) in [6.07, 6.45) is 4.54. The summed E-state index contributed by atoms with van der Waals surface area (Å²) < 4.78 is 40.8. The Bertz CT molecular complexity index is 1690. The lowest BCUT2D eigenvalue weighted by Gasteiger charge is -2.37. The second kappa shape index (κ2) is 20.2. The molecule has 2 aliphatic rings. The van der Waals surface area contributed by atoms with Crippen molar-refractivity contribution in [2.45, 2.75) is 52.4 Å². The number of hydrogen-bond acceptors (Lipinski definition) is 10. The number of carbonyl (C=O) groups is 1. The Morgan fingerprint density at radius 1 is 1.02 bits per heavy atom. The van der Waals surface area contributed by atoms with Crippen LogP contribution in [0.1, 0.15) is 45.8 Å². The molecule has 0 unspecified atom stereocenters. The normalized spacial score (nSPS) is 18.0. The minimum Gasteiger partial charge on any atom is -0.493 e. The monoisotopic (exact) mass is 735 g/mol. The summed E-state index contributed by atoms with van der Waals surface area (Å²) in [5, 5.41) is 19.9. The molecule has 15 heteroatoms. The van der Waals surface area contributed by atoms with Crippen molar-refractivity contribution in [3.63, 3.8) is 0 Å². The molecule has 13 nitrogen and oxygen atoms in total. The van der Waals surface area contributed by atoms with E-state index in [1.807, 2.05) is 57.3 Å². The summed E-state index contributed by atoms with van der Waals surface area (Å²) in [4.78, 5) is 19.6. The van der Waals surface area contributed by atoms with Gasteiger partial charge in [-0.1, -0.05) is 19.9 Å². The van der Waals surface area contributed by atoms with Crippen molar-refractivity contribution in [1.29, 1.82) is 0 Å². The van der Waals surface area contributed by atoms with Gasteiger partial charge in [-0.15, -0.1) is 0 Å². The van der Waals surface area contributed by atoms with Crippen LogP contribution in [0.25, 0.3) is 0 Å². The molecule has 53 heavy (non-hydrogen) atoms. The van der Waals surface area contributed by atoms with Crippen molar-refractivity contribution in [2.75, 3.05) is 54.2 Å². The number of anilines is 3. The third kappa shape index (κ3) is 11.7. The number of piperazine rings is 1. The first-order chi connectivity index (χ1) is 25.6. The third-order valence-electron chi connectivity index (χ3n) is 8.94. The lowest BCUT2D eigenvalue weighted by atomic mass is 10.0. The first-order valence-electron chi connectivity index (χ1n) is 17.8. The molecule has 0 spiro atoms. The lowest BCUT2D eigenvalue weighted by molar-refractivity contribution is -0.121. The first-order valence-corrected chi connectivity index (χ1v) is 17.8. The average molecular weight is 736 g/mol. The van der Waals surface area contributed by atoms with Gasteiger partial charge in [0.2, 0.25) is 6.41 Å². The van der Waals surface area contributed by atoms with Gasteiger partial charge in [0.15, 0.2) is 0 Å². The molecule has 0 saturated carbocycles. The van der Waals surface area contributed by atoms with Crippen LogP contribution in [0.4, 0.5) is 25.8 Å². The Kier molecular flexibility index (Phi) is 15.5. The zero-order chi connectivity index (χ0) is 38.3. The van der Waals surface area contributed by atoms with Crippen LogP contribution >= 0.6 is 0 Å². The van der Waals surface area contributed by atoms with E-state index < -0.39 is 23.8 Å². The Morgan fingerprint density at radius 2 is 1.64 bits per heavy atom. The molecule has 286 valence electrons. The van der Waals surface area contributed by atoms with Gasteiger partial charge in [0, 0.05) is 62.1 Å². The van der Waals surface area contributed by atoms with Gasteiger partial charge >= 0.3 is 0 Å². The number of amides is 1. The largest absolute Gasteiger partial charge is 0.493 e. The van der Waals surface area contributed by atoms with Gasteiger partial charge in [0.1, 0.15) is 36.4 Å². The van der Waals surface area contributed by atoms with E-state index in [0.29, 0.717) is 37.3 Å². The van der Waals surface area contributed by atoms with Crippen LogP contribution in [0.2, 0.25) is 0 Å². The maximum atomic E-state index is 14.1. The molecule has 2 fully saturated rings. The maximum Gasteiger partial charge on any atom is 0.230 e. The first kappa shape index (κ1) is 40.6. The topological polar surface area (TPSA) is 138 Å². The third-order valence-corrected chi connectivity index (χ3v) is 8.94. The zero-order valence-corrected chi connectivity index (χ0v) is 31.0. The highest BCUT2D eigenvalue weighted by atomic mass is 19.1. The van der Waals surface area contributed by atoms with Crippen molar-refractivity contribution in [1.82, 2.24) is 19.8 Å². The van der Waals surface area contributed by atoms with Crippen molar-refractivity contribution in [3.8, 4) is 5.75 Å². The van der Waals surface area contributed by atoms with Crippen LogP contribution in [0.15, 0.2) is 84.5 Å². The summed E-state index contributed by atoms with van der Waals surface area (Å²) in [7, 11) is 1.83. The lowest BCUT2D eigenvalue weighted by Crippen LogP contribution is -2.46. The molecule has 3 heterocycles. The highest BCUT2D eigenvalue weighted by molar-refractivity contribution is 5.78. The number of rotatable bonds is 12. The fraction of sp³-hybridized carbons (Fsp3) is 0.421. The van der Waals surface area contributed by atoms with Gasteiger partial charge in [0.05, 0.1) is 37.2 Å². The van der Waals surface area contributed by atoms with E-state index >= 15 is 0 Å². The number of aryl methyl sites for hydroxylation is 1. The number of nitrogens with zero attached hydrogens (tertiary/aromatic N) is 8. The molecule has 4 aromatic rings. The molecule has 4 atom stereocenters. The van der Waals surface area contributed by atoms with Crippen molar-refractivity contribution in [2.24, 2.45) is 23.9 Å². The number of ether oxygens (including phenoxy) is 2. The number of hydrogen-bond donors (Lipinski definition) is 2. The number of aromatic nitrogens is 3. The van der Waals surface area contributed by atoms with E-state index in [-0.39, 0.29) is 12.0 Å². The van der Waals surface area contributed by atoms with Crippen LogP contribution in [-0.2, 0) is 16.6 Å². The fourth-order valence-electron chi connectivity index (χ4n) is 5.71. The molecule has 2 saturated heterocycles. The van der Waals surface area contributed by atoms with E-state index in [9.17, 15) is 18.7 Å². The van der Waals surface area contributed by atoms with E-state index in [4.69, 9.17) is 15.3 Å². The molecular formula is C38H51F2N9O4. The standard InChI is InChI=1S/C33H40F2N6O4.C3H5N3.C2H6/c1-23(24(2)43)41(22-42)37-21-40(36)29-6-4-27(5-7-29)38-13-15-39(16-14-38)28-8-10-30(11-9-28)44-19-25-17-33(45-20-25)31-12-3-26(34)18-32(31)35;1-6-3-4-2-5-6;1-2/h3-12,18,21-25,33,43H,13-17,19-20,36H2,1-2H3;2-3H,1H3;1-2H3/b37-21-;;/t23-,24-,25+,33+;;/m0../s1. The number of aliphatic hydroxyl groups is 1. The maximum absolute atomic E-state index is 14.1. The molecule has 3 N–H and O–H groups in total.